The second-order valence-corrected chi connectivity index (χ2v) is 6.26. The molecule has 2 aromatic rings. The highest BCUT2D eigenvalue weighted by atomic mass is 16.5. The lowest BCUT2D eigenvalue weighted by molar-refractivity contribution is -0.130. The molecule has 0 aliphatic heterocycles. The van der Waals surface area contributed by atoms with Crippen LogP contribution >= 0.6 is 0 Å². The van der Waals surface area contributed by atoms with Crippen LogP contribution in [0.2, 0.25) is 0 Å². The fourth-order valence-electron chi connectivity index (χ4n) is 2.55. The van der Waals surface area contributed by atoms with Crippen molar-refractivity contribution in [3.8, 4) is 5.75 Å². The first-order chi connectivity index (χ1) is 13.1. The summed E-state index contributed by atoms with van der Waals surface area (Å²) in [5.74, 6) is 0.683. The third-order valence-electron chi connectivity index (χ3n) is 4.01. The molecule has 0 saturated heterocycles. The van der Waals surface area contributed by atoms with Gasteiger partial charge in [0.25, 0.3) is 0 Å². The van der Waals surface area contributed by atoms with Crippen LogP contribution in [-0.4, -0.2) is 36.9 Å². The number of nitrogens with zero attached hydrogens (tertiary/aromatic N) is 1. The average Bonchev–Trinajstić information content (AvgIpc) is 2.68. The largest absolute Gasteiger partial charge is 0.490 e. The van der Waals surface area contributed by atoms with Crippen LogP contribution in [0.25, 0.3) is 0 Å². The molecule has 0 aromatic heterocycles. The lowest BCUT2D eigenvalue weighted by Gasteiger charge is -2.17. The van der Waals surface area contributed by atoms with Gasteiger partial charge in [-0.1, -0.05) is 55.1 Å². The summed E-state index contributed by atoms with van der Waals surface area (Å²) in [4.78, 5) is 25.8. The molecule has 1 N–H and O–H groups in total. The van der Waals surface area contributed by atoms with E-state index in [1.165, 1.54) is 0 Å². The van der Waals surface area contributed by atoms with Gasteiger partial charge in [0.05, 0.1) is 6.42 Å². The van der Waals surface area contributed by atoms with Gasteiger partial charge in [-0.15, -0.1) is 0 Å². The first-order valence-electron chi connectivity index (χ1n) is 8.95. The number of ether oxygens (including phenoxy) is 1. The second-order valence-electron chi connectivity index (χ2n) is 6.26. The monoisotopic (exact) mass is 366 g/mol. The van der Waals surface area contributed by atoms with Crippen LogP contribution in [0, 0.1) is 0 Å². The molecular weight excluding hydrogens is 340 g/mol. The van der Waals surface area contributed by atoms with E-state index in [1.54, 1.807) is 18.0 Å². The molecule has 0 radical (unpaired) electrons. The standard InChI is InChI=1S/C22H26N2O3/c1-3-15-27-20-11-9-19(10-12-20)17-24(2)22(26)13-14-23-21(25)16-18-7-5-4-6-8-18/h3-12H,1,13-17H2,2H3,(H,23,25). The predicted octanol–water partition coefficient (Wildman–Crippen LogP) is 2.96. The van der Waals surface area contributed by atoms with Crippen molar-refractivity contribution in [1.29, 1.82) is 0 Å². The predicted molar refractivity (Wildman–Crippen MR) is 106 cm³/mol. The van der Waals surface area contributed by atoms with Crippen molar-refractivity contribution in [3.05, 3.63) is 78.4 Å². The maximum absolute atomic E-state index is 12.2. The molecule has 142 valence electrons. The van der Waals surface area contributed by atoms with Crippen molar-refractivity contribution < 1.29 is 14.3 Å². The Balaban J connectivity index is 1.70. The second kappa shape index (κ2) is 10.8. The molecule has 2 aromatic carbocycles. The molecule has 5 heteroatoms. The van der Waals surface area contributed by atoms with Gasteiger partial charge >= 0.3 is 0 Å². The van der Waals surface area contributed by atoms with Crippen molar-refractivity contribution in [2.45, 2.75) is 19.4 Å². The van der Waals surface area contributed by atoms with Gasteiger partial charge in [0, 0.05) is 26.6 Å². The maximum atomic E-state index is 12.2. The topological polar surface area (TPSA) is 58.6 Å². The van der Waals surface area contributed by atoms with Crippen molar-refractivity contribution in [3.63, 3.8) is 0 Å². The van der Waals surface area contributed by atoms with E-state index < -0.39 is 0 Å². The molecule has 2 amide bonds. The summed E-state index contributed by atoms with van der Waals surface area (Å²) in [7, 11) is 1.76. The van der Waals surface area contributed by atoms with Crippen LogP contribution in [0.5, 0.6) is 5.75 Å². The van der Waals surface area contributed by atoms with E-state index in [1.807, 2.05) is 54.6 Å². The smallest absolute Gasteiger partial charge is 0.224 e. The highest BCUT2D eigenvalue weighted by molar-refractivity contribution is 5.80. The van der Waals surface area contributed by atoms with Gasteiger partial charge in [-0.05, 0) is 23.3 Å². The van der Waals surface area contributed by atoms with Gasteiger partial charge in [0.2, 0.25) is 11.8 Å². The molecule has 0 fully saturated rings. The van der Waals surface area contributed by atoms with E-state index >= 15 is 0 Å². The Bertz CT molecular complexity index is 742. The number of benzene rings is 2. The van der Waals surface area contributed by atoms with Crippen LogP contribution in [0.3, 0.4) is 0 Å². The number of carbonyl (C=O) groups is 2. The first-order valence-corrected chi connectivity index (χ1v) is 8.95. The summed E-state index contributed by atoms with van der Waals surface area (Å²) in [6.45, 7) is 4.93. The molecule has 27 heavy (non-hydrogen) atoms. The summed E-state index contributed by atoms with van der Waals surface area (Å²) < 4.78 is 5.44. The summed E-state index contributed by atoms with van der Waals surface area (Å²) in [5.41, 5.74) is 1.98. The Hall–Kier alpha value is -3.08. The molecule has 0 atom stereocenters. The third kappa shape index (κ3) is 7.36. The summed E-state index contributed by atoms with van der Waals surface area (Å²) in [6.07, 6.45) is 2.29. The van der Waals surface area contributed by atoms with Gasteiger partial charge < -0.3 is 15.0 Å². The van der Waals surface area contributed by atoms with Crippen LogP contribution in [0.1, 0.15) is 17.5 Å². The zero-order valence-corrected chi connectivity index (χ0v) is 15.7. The number of rotatable bonds is 10. The minimum atomic E-state index is -0.0771. The van der Waals surface area contributed by atoms with E-state index in [-0.39, 0.29) is 18.2 Å². The molecule has 0 bridgehead atoms. The van der Waals surface area contributed by atoms with Gasteiger partial charge in [-0.3, -0.25) is 9.59 Å². The molecule has 0 unspecified atom stereocenters. The van der Waals surface area contributed by atoms with Crippen molar-refractivity contribution in [1.82, 2.24) is 10.2 Å². The van der Waals surface area contributed by atoms with Crippen LogP contribution in [-0.2, 0) is 22.6 Å². The summed E-state index contributed by atoms with van der Waals surface area (Å²) in [6, 6.07) is 17.2. The van der Waals surface area contributed by atoms with E-state index in [0.717, 1.165) is 16.9 Å². The molecule has 0 heterocycles. The van der Waals surface area contributed by atoms with Gasteiger partial charge in [-0.2, -0.15) is 0 Å². The number of nitrogens with one attached hydrogen (secondary N) is 1. The van der Waals surface area contributed by atoms with Gasteiger partial charge in [0.15, 0.2) is 0 Å². The third-order valence-corrected chi connectivity index (χ3v) is 4.01. The van der Waals surface area contributed by atoms with Crippen LogP contribution in [0.4, 0.5) is 0 Å². The van der Waals surface area contributed by atoms with Gasteiger partial charge in [0.1, 0.15) is 12.4 Å². The normalized spacial score (nSPS) is 10.1. The molecule has 0 spiro atoms. The Morgan fingerprint density at radius 2 is 1.78 bits per heavy atom. The molecule has 5 nitrogen and oxygen atoms in total. The Kier molecular flexibility index (Phi) is 8.10. The number of amides is 2. The summed E-state index contributed by atoms with van der Waals surface area (Å²) >= 11 is 0. The Labute approximate surface area is 160 Å². The average molecular weight is 366 g/mol. The maximum Gasteiger partial charge on any atom is 0.224 e. The molecular formula is C22H26N2O3. The first kappa shape index (κ1) is 20.2. The van der Waals surface area contributed by atoms with E-state index in [0.29, 0.717) is 26.1 Å². The number of carbonyl (C=O) groups excluding carboxylic acids is 2. The molecule has 2 rings (SSSR count). The lowest BCUT2D eigenvalue weighted by atomic mass is 10.1. The van der Waals surface area contributed by atoms with Crippen LogP contribution in [0.15, 0.2) is 67.3 Å². The number of hydrogen-bond acceptors (Lipinski definition) is 3. The van der Waals surface area contributed by atoms with E-state index in [4.69, 9.17) is 4.74 Å². The van der Waals surface area contributed by atoms with Crippen molar-refractivity contribution in [2.75, 3.05) is 20.2 Å². The zero-order chi connectivity index (χ0) is 19.5. The molecule has 0 saturated carbocycles. The molecule has 0 aliphatic rings. The lowest BCUT2D eigenvalue weighted by Crippen LogP contribution is -2.32. The van der Waals surface area contributed by atoms with Crippen molar-refractivity contribution >= 4 is 11.8 Å². The Morgan fingerprint density at radius 1 is 1.07 bits per heavy atom. The fourth-order valence-corrected chi connectivity index (χ4v) is 2.55. The minimum absolute atomic E-state index is 0.0120. The van der Waals surface area contributed by atoms with Crippen LogP contribution < -0.4 is 10.1 Å². The SMILES string of the molecule is C=CCOc1ccc(CN(C)C(=O)CCNC(=O)Cc2ccccc2)cc1. The van der Waals surface area contributed by atoms with E-state index in [2.05, 4.69) is 11.9 Å². The van der Waals surface area contributed by atoms with Crippen molar-refractivity contribution in [2.24, 2.45) is 0 Å². The van der Waals surface area contributed by atoms with E-state index in [9.17, 15) is 9.59 Å². The summed E-state index contributed by atoms with van der Waals surface area (Å²) in [5, 5.41) is 2.80. The number of hydrogen-bond donors (Lipinski definition) is 1. The highest BCUT2D eigenvalue weighted by Gasteiger charge is 2.10. The minimum Gasteiger partial charge on any atom is -0.490 e. The quantitative estimate of drug-likeness (QED) is 0.658. The fraction of sp³-hybridized carbons (Fsp3) is 0.273. The highest BCUT2D eigenvalue weighted by Crippen LogP contribution is 2.13. The zero-order valence-electron chi connectivity index (χ0n) is 15.7. The Morgan fingerprint density at radius 3 is 2.44 bits per heavy atom. The molecule has 0 aliphatic carbocycles. The van der Waals surface area contributed by atoms with Gasteiger partial charge in [-0.25, -0.2) is 0 Å².